The highest BCUT2D eigenvalue weighted by Crippen LogP contribution is 2.36. The zero-order valence-electron chi connectivity index (χ0n) is 19.5. The van der Waals surface area contributed by atoms with Crippen LogP contribution in [0.25, 0.3) is 22.0 Å². The van der Waals surface area contributed by atoms with Crippen molar-refractivity contribution in [3.8, 4) is 11.3 Å². The molecule has 0 spiro atoms. The van der Waals surface area contributed by atoms with Crippen LogP contribution in [-0.2, 0) is 25.1 Å². The molecule has 0 bridgehead atoms. The molecule has 1 fully saturated rings. The highest BCUT2D eigenvalue weighted by atomic mass is 19.4. The third-order valence-electron chi connectivity index (χ3n) is 5.65. The molecule has 1 saturated heterocycles. The van der Waals surface area contributed by atoms with Crippen LogP contribution in [0.15, 0.2) is 53.3 Å². The Kier molecular flexibility index (Phi) is 7.92. The summed E-state index contributed by atoms with van der Waals surface area (Å²) in [5.41, 5.74) is -1.04. The van der Waals surface area contributed by atoms with Gasteiger partial charge in [-0.25, -0.2) is 4.79 Å². The van der Waals surface area contributed by atoms with Crippen LogP contribution < -0.4 is 10.5 Å². The summed E-state index contributed by atoms with van der Waals surface area (Å²) in [5, 5.41) is 0.678. The number of alkyl halides is 3. The van der Waals surface area contributed by atoms with Crippen molar-refractivity contribution in [2.24, 2.45) is 0 Å². The number of hydrogen-bond acceptors (Lipinski definition) is 6. The number of methoxy groups -OCH3 is 1. The molecule has 36 heavy (non-hydrogen) atoms. The van der Waals surface area contributed by atoms with Crippen LogP contribution in [0.5, 0.6) is 0 Å². The molecule has 2 heterocycles. The topological polar surface area (TPSA) is 90.1 Å². The first-order valence-electron chi connectivity index (χ1n) is 11.2. The summed E-state index contributed by atoms with van der Waals surface area (Å²) in [4.78, 5) is 29.1. The standard InChI is InChI=1S/C25H25F3N2O6/c1-33-8-9-34-10-11-35-15-18-14-30(24(32)36-18)17-7-6-16-12-22(29-23(31)20(16)13-17)19-4-2-3-5-21(19)25(26,27)28/h2-7,12-13,18H,8-11,14-15H2,1H3,(H,29,31). The number of carbonyl (C=O) groups excluding carboxylic acids is 1. The van der Waals surface area contributed by atoms with E-state index in [1.807, 2.05) is 0 Å². The number of nitrogens with zero attached hydrogens (tertiary/aromatic N) is 1. The zero-order chi connectivity index (χ0) is 25.7. The first-order chi connectivity index (χ1) is 17.3. The SMILES string of the molecule is COCCOCCOCC1CN(c2ccc3cc(-c4ccccc4C(F)(F)F)[nH]c(=O)c3c2)C(=O)O1. The largest absolute Gasteiger partial charge is 0.441 e. The zero-order valence-corrected chi connectivity index (χ0v) is 19.5. The van der Waals surface area contributed by atoms with E-state index in [9.17, 15) is 22.8 Å². The highest BCUT2D eigenvalue weighted by molar-refractivity contribution is 5.94. The summed E-state index contributed by atoms with van der Waals surface area (Å²) in [7, 11) is 1.58. The molecule has 1 aliphatic heterocycles. The number of cyclic esters (lactones) is 1. The number of benzene rings is 2. The molecule has 8 nitrogen and oxygen atoms in total. The molecule has 1 amide bonds. The molecule has 3 aromatic rings. The number of carbonyl (C=O) groups is 1. The van der Waals surface area contributed by atoms with Crippen LogP contribution in [0, 0.1) is 0 Å². The number of amides is 1. The van der Waals surface area contributed by atoms with Gasteiger partial charge in [0.25, 0.3) is 5.56 Å². The minimum Gasteiger partial charge on any atom is -0.441 e. The van der Waals surface area contributed by atoms with E-state index in [0.717, 1.165) is 6.07 Å². The van der Waals surface area contributed by atoms with Crippen molar-refractivity contribution in [2.45, 2.75) is 12.3 Å². The number of hydrogen-bond donors (Lipinski definition) is 1. The van der Waals surface area contributed by atoms with Gasteiger partial charge in [-0.3, -0.25) is 9.69 Å². The Hall–Kier alpha value is -3.41. The Labute approximate surface area is 204 Å². The Morgan fingerprint density at radius 1 is 1.03 bits per heavy atom. The molecular formula is C25H25F3N2O6. The van der Waals surface area contributed by atoms with Crippen LogP contribution >= 0.6 is 0 Å². The Balaban J connectivity index is 1.47. The maximum atomic E-state index is 13.4. The third kappa shape index (κ3) is 5.86. The Morgan fingerprint density at radius 2 is 1.78 bits per heavy atom. The second-order valence-corrected chi connectivity index (χ2v) is 8.12. The summed E-state index contributed by atoms with van der Waals surface area (Å²) in [6.45, 7) is 2.09. The van der Waals surface area contributed by atoms with E-state index in [4.69, 9.17) is 18.9 Å². The monoisotopic (exact) mass is 506 g/mol. The molecule has 1 aliphatic rings. The van der Waals surface area contributed by atoms with Crippen LogP contribution in [0.2, 0.25) is 0 Å². The van der Waals surface area contributed by atoms with Crippen LogP contribution in [0.3, 0.4) is 0 Å². The van der Waals surface area contributed by atoms with Gasteiger partial charge in [0, 0.05) is 29.4 Å². The van der Waals surface area contributed by atoms with Gasteiger partial charge in [-0.2, -0.15) is 13.2 Å². The van der Waals surface area contributed by atoms with E-state index >= 15 is 0 Å². The van der Waals surface area contributed by atoms with Crippen LogP contribution in [-0.4, -0.2) is 63.9 Å². The van der Waals surface area contributed by atoms with Gasteiger partial charge < -0.3 is 23.9 Å². The molecular weight excluding hydrogens is 481 g/mol. The summed E-state index contributed by atoms with van der Waals surface area (Å²) in [6.07, 6.45) is -5.64. The number of aromatic amines is 1. The van der Waals surface area contributed by atoms with Crippen molar-refractivity contribution in [3.63, 3.8) is 0 Å². The van der Waals surface area contributed by atoms with E-state index in [1.165, 1.54) is 35.2 Å². The molecule has 1 atom stereocenters. The van der Waals surface area contributed by atoms with Crippen molar-refractivity contribution in [1.82, 2.24) is 4.98 Å². The fourth-order valence-electron chi connectivity index (χ4n) is 3.92. The predicted molar refractivity (Wildman–Crippen MR) is 126 cm³/mol. The lowest BCUT2D eigenvalue weighted by atomic mass is 10.0. The fraction of sp³-hybridized carbons (Fsp3) is 0.360. The number of halogens is 3. The van der Waals surface area contributed by atoms with E-state index in [1.54, 1.807) is 19.2 Å². The van der Waals surface area contributed by atoms with E-state index < -0.39 is 29.5 Å². The second kappa shape index (κ2) is 11.1. The van der Waals surface area contributed by atoms with Gasteiger partial charge in [-0.15, -0.1) is 0 Å². The lowest BCUT2D eigenvalue weighted by molar-refractivity contribution is -0.137. The maximum Gasteiger partial charge on any atom is 0.417 e. The van der Waals surface area contributed by atoms with Gasteiger partial charge in [0.05, 0.1) is 45.1 Å². The second-order valence-electron chi connectivity index (χ2n) is 8.12. The molecule has 1 N–H and O–H groups in total. The molecule has 0 saturated carbocycles. The summed E-state index contributed by atoms with van der Waals surface area (Å²) in [6, 6.07) is 11.3. The Bertz CT molecular complexity index is 1280. The number of H-pyrrole nitrogens is 1. The van der Waals surface area contributed by atoms with Crippen molar-refractivity contribution in [3.05, 3.63) is 64.4 Å². The van der Waals surface area contributed by atoms with E-state index in [2.05, 4.69) is 4.98 Å². The minimum atomic E-state index is -4.57. The first-order valence-corrected chi connectivity index (χ1v) is 11.2. The van der Waals surface area contributed by atoms with Gasteiger partial charge in [0.1, 0.15) is 6.10 Å². The first kappa shape index (κ1) is 25.7. The molecule has 0 aliphatic carbocycles. The van der Waals surface area contributed by atoms with Crippen LogP contribution in [0.4, 0.5) is 23.7 Å². The maximum absolute atomic E-state index is 13.4. The molecule has 11 heteroatoms. The van der Waals surface area contributed by atoms with Gasteiger partial charge in [0.15, 0.2) is 0 Å². The quantitative estimate of drug-likeness (QED) is 0.414. The average Bonchev–Trinajstić information content (AvgIpc) is 3.23. The molecule has 2 aromatic carbocycles. The fourth-order valence-corrected chi connectivity index (χ4v) is 3.92. The van der Waals surface area contributed by atoms with Gasteiger partial charge in [0.2, 0.25) is 0 Å². The molecule has 192 valence electrons. The highest BCUT2D eigenvalue weighted by Gasteiger charge is 2.34. The normalized spacial score (nSPS) is 16.1. The Morgan fingerprint density at radius 3 is 2.56 bits per heavy atom. The van der Waals surface area contributed by atoms with Gasteiger partial charge in [-0.1, -0.05) is 24.3 Å². The number of anilines is 1. The predicted octanol–water partition coefficient (Wildman–Crippen LogP) is 4.22. The van der Waals surface area contributed by atoms with Gasteiger partial charge in [-0.05, 0) is 29.7 Å². The number of rotatable bonds is 10. The summed E-state index contributed by atoms with van der Waals surface area (Å²) < 4.78 is 61.4. The number of nitrogens with one attached hydrogen (secondary N) is 1. The van der Waals surface area contributed by atoms with Gasteiger partial charge >= 0.3 is 12.3 Å². The van der Waals surface area contributed by atoms with Crippen LogP contribution in [0.1, 0.15) is 5.56 Å². The number of ether oxygens (including phenoxy) is 4. The lowest BCUT2D eigenvalue weighted by Gasteiger charge is -2.15. The van der Waals surface area contributed by atoms with Crippen molar-refractivity contribution in [1.29, 1.82) is 0 Å². The smallest absolute Gasteiger partial charge is 0.417 e. The number of fused-ring (bicyclic) bond motifs is 1. The van der Waals surface area contributed by atoms with Crippen molar-refractivity contribution >= 4 is 22.6 Å². The summed E-state index contributed by atoms with van der Waals surface area (Å²) >= 11 is 0. The number of pyridine rings is 1. The molecule has 1 unspecified atom stereocenters. The lowest BCUT2D eigenvalue weighted by Crippen LogP contribution is -2.26. The summed E-state index contributed by atoms with van der Waals surface area (Å²) in [5.74, 6) is 0. The molecule has 4 rings (SSSR count). The van der Waals surface area contributed by atoms with E-state index in [0.29, 0.717) is 37.5 Å². The third-order valence-corrected chi connectivity index (χ3v) is 5.65. The number of aromatic nitrogens is 1. The van der Waals surface area contributed by atoms with E-state index in [-0.39, 0.29) is 29.8 Å². The molecule has 1 aromatic heterocycles. The van der Waals surface area contributed by atoms with Crippen molar-refractivity contribution in [2.75, 3.05) is 51.6 Å². The molecule has 0 radical (unpaired) electrons. The minimum absolute atomic E-state index is 0.0529. The van der Waals surface area contributed by atoms with Crippen molar-refractivity contribution < 1.29 is 36.9 Å². The average molecular weight is 506 g/mol.